The van der Waals surface area contributed by atoms with E-state index in [1.165, 1.54) is 16.7 Å². The molecule has 1 aromatic heterocycles. The van der Waals surface area contributed by atoms with Crippen molar-refractivity contribution in [1.29, 1.82) is 0 Å². The van der Waals surface area contributed by atoms with E-state index in [1.54, 1.807) is 0 Å². The number of hydrogen-bond acceptors (Lipinski definition) is 4. The monoisotopic (exact) mass is 629 g/mol. The second-order valence-electron chi connectivity index (χ2n) is 12.2. The summed E-state index contributed by atoms with van der Waals surface area (Å²) in [5, 5.41) is 5.68. The Labute approximate surface area is 284 Å². The molecule has 0 radical (unpaired) electrons. The van der Waals surface area contributed by atoms with E-state index < -0.39 is 6.17 Å². The van der Waals surface area contributed by atoms with Crippen molar-refractivity contribution in [3.8, 4) is 33.4 Å². The molecule has 0 fully saturated rings. The zero-order valence-electron chi connectivity index (χ0n) is 26.6. The number of nitrogens with zero attached hydrogens (tertiary/aromatic N) is 2. The van der Waals surface area contributed by atoms with E-state index in [2.05, 4.69) is 139 Å². The molecular weight excluding hydrogens is 599 g/mol. The Bertz CT molecular complexity index is 2480. The maximum Gasteiger partial charge on any atom is 0.169 e. The molecule has 0 spiro atoms. The van der Waals surface area contributed by atoms with Crippen LogP contribution in [-0.2, 0) is 0 Å². The first-order valence-electron chi connectivity index (χ1n) is 16.5. The Balaban J connectivity index is 1.11. The SMILES string of the molecule is c1ccc(C2=NC(c3ccc(-c4ccc(-c5ccccc5)cc4)cc3)N=C(c3cccc4oc5c(-c6ccccc6)cccc5c34)N2)cc1. The zero-order chi connectivity index (χ0) is 32.6. The van der Waals surface area contributed by atoms with Crippen LogP contribution in [0.3, 0.4) is 0 Å². The van der Waals surface area contributed by atoms with Crippen LogP contribution in [0.25, 0.3) is 55.3 Å². The standard InChI is InChI=1S/C45H31N3O/c1-4-12-30(13-5-1)31-22-24-32(25-23-31)33-26-28-36(29-27-33)44-46-43(35-16-8-3-9-17-35)47-45(48-44)39-20-11-21-40-41(39)38-19-10-18-37(42(38)49-40)34-14-6-2-7-15-34/h1-29,44H,(H,46,47,48). The van der Waals surface area contributed by atoms with Crippen LogP contribution in [0.2, 0.25) is 0 Å². The average molecular weight is 630 g/mol. The highest BCUT2D eigenvalue weighted by atomic mass is 16.3. The fourth-order valence-corrected chi connectivity index (χ4v) is 6.70. The lowest BCUT2D eigenvalue weighted by Crippen LogP contribution is -2.36. The van der Waals surface area contributed by atoms with Gasteiger partial charge in [0.1, 0.15) is 22.8 Å². The first kappa shape index (κ1) is 28.7. The normalized spacial score (nSPS) is 14.3. The van der Waals surface area contributed by atoms with Crippen LogP contribution in [0.15, 0.2) is 190 Å². The fraction of sp³-hybridized carbons (Fsp3) is 0.0222. The van der Waals surface area contributed by atoms with E-state index in [4.69, 9.17) is 14.4 Å². The van der Waals surface area contributed by atoms with Crippen LogP contribution < -0.4 is 5.32 Å². The van der Waals surface area contributed by atoms with E-state index >= 15 is 0 Å². The van der Waals surface area contributed by atoms with Gasteiger partial charge in [-0.1, -0.05) is 170 Å². The average Bonchev–Trinajstić information content (AvgIpc) is 3.58. The van der Waals surface area contributed by atoms with Gasteiger partial charge >= 0.3 is 0 Å². The summed E-state index contributed by atoms with van der Waals surface area (Å²) in [5.74, 6) is 1.55. The number of para-hydroxylation sites is 1. The lowest BCUT2D eigenvalue weighted by atomic mass is 9.99. The molecule has 9 rings (SSSR count). The minimum Gasteiger partial charge on any atom is -0.455 e. The molecule has 4 heteroatoms. The Kier molecular flexibility index (Phi) is 7.17. The predicted octanol–water partition coefficient (Wildman–Crippen LogP) is 11.1. The van der Waals surface area contributed by atoms with Crippen LogP contribution in [0.5, 0.6) is 0 Å². The van der Waals surface area contributed by atoms with Crippen molar-refractivity contribution in [3.63, 3.8) is 0 Å². The lowest BCUT2D eigenvalue weighted by Gasteiger charge is -2.23. The minimum atomic E-state index is -0.422. The third-order valence-corrected chi connectivity index (χ3v) is 9.18. The van der Waals surface area contributed by atoms with Gasteiger partial charge in [-0.25, -0.2) is 9.98 Å². The summed E-state index contributed by atoms with van der Waals surface area (Å²) in [4.78, 5) is 10.4. The molecule has 2 heterocycles. The number of furan rings is 1. The van der Waals surface area contributed by atoms with Gasteiger partial charge < -0.3 is 9.73 Å². The van der Waals surface area contributed by atoms with E-state index in [9.17, 15) is 0 Å². The number of hydrogen-bond donors (Lipinski definition) is 1. The van der Waals surface area contributed by atoms with Gasteiger partial charge in [0.15, 0.2) is 6.17 Å². The Morgan fingerprint density at radius 2 is 0.918 bits per heavy atom. The third-order valence-electron chi connectivity index (χ3n) is 9.18. The molecule has 0 saturated carbocycles. The van der Waals surface area contributed by atoms with Crippen molar-refractivity contribution in [2.75, 3.05) is 0 Å². The van der Waals surface area contributed by atoms with E-state index in [-0.39, 0.29) is 0 Å². The van der Waals surface area contributed by atoms with Gasteiger partial charge in [0.05, 0.1) is 0 Å². The maximum absolute atomic E-state index is 6.57. The fourth-order valence-electron chi connectivity index (χ4n) is 6.70. The molecule has 1 aliphatic rings. The summed E-state index contributed by atoms with van der Waals surface area (Å²) in [6.45, 7) is 0. The van der Waals surface area contributed by atoms with Crippen molar-refractivity contribution in [3.05, 3.63) is 193 Å². The molecular formula is C45H31N3O. The summed E-state index contributed by atoms with van der Waals surface area (Å²) >= 11 is 0. The summed E-state index contributed by atoms with van der Waals surface area (Å²) in [7, 11) is 0. The van der Waals surface area contributed by atoms with Crippen molar-refractivity contribution < 1.29 is 4.42 Å². The minimum absolute atomic E-state index is 0.422. The smallest absolute Gasteiger partial charge is 0.169 e. The molecule has 4 nitrogen and oxygen atoms in total. The van der Waals surface area contributed by atoms with E-state index in [0.29, 0.717) is 0 Å². The van der Waals surface area contributed by atoms with Crippen LogP contribution in [0.4, 0.5) is 0 Å². The molecule has 0 saturated heterocycles. The first-order chi connectivity index (χ1) is 24.3. The number of aliphatic imine (C=N–C) groups is 2. The Morgan fingerprint density at radius 1 is 0.408 bits per heavy atom. The summed E-state index contributed by atoms with van der Waals surface area (Å²) < 4.78 is 6.57. The number of fused-ring (bicyclic) bond motifs is 3. The van der Waals surface area contributed by atoms with Crippen LogP contribution >= 0.6 is 0 Å². The Hall–Kier alpha value is -6.52. The molecule has 1 atom stereocenters. The van der Waals surface area contributed by atoms with Crippen molar-refractivity contribution >= 4 is 33.6 Å². The molecule has 232 valence electrons. The maximum atomic E-state index is 6.57. The highest BCUT2D eigenvalue weighted by Gasteiger charge is 2.24. The summed E-state index contributed by atoms with van der Waals surface area (Å²) in [6, 6.07) is 61.0. The first-order valence-corrected chi connectivity index (χ1v) is 16.5. The second-order valence-corrected chi connectivity index (χ2v) is 12.2. The highest BCUT2D eigenvalue weighted by Crippen LogP contribution is 2.38. The van der Waals surface area contributed by atoms with Gasteiger partial charge in [-0.15, -0.1) is 0 Å². The van der Waals surface area contributed by atoms with Gasteiger partial charge in [0.2, 0.25) is 0 Å². The van der Waals surface area contributed by atoms with Crippen LogP contribution in [-0.4, -0.2) is 11.7 Å². The third kappa shape index (κ3) is 5.39. The molecule has 0 aliphatic carbocycles. The van der Waals surface area contributed by atoms with Crippen LogP contribution in [0, 0.1) is 0 Å². The molecule has 1 unspecified atom stereocenters. The van der Waals surface area contributed by atoms with Gasteiger partial charge in [-0.05, 0) is 39.4 Å². The number of benzene rings is 7. The van der Waals surface area contributed by atoms with Gasteiger partial charge in [-0.2, -0.15) is 0 Å². The van der Waals surface area contributed by atoms with Gasteiger partial charge in [-0.3, -0.25) is 0 Å². The second kappa shape index (κ2) is 12.3. The van der Waals surface area contributed by atoms with Crippen molar-refractivity contribution in [1.82, 2.24) is 5.32 Å². The summed E-state index contributed by atoms with van der Waals surface area (Å²) in [6.07, 6.45) is -0.422. The molecule has 1 N–H and O–H groups in total. The molecule has 8 aromatic rings. The molecule has 1 aliphatic heterocycles. The molecule has 49 heavy (non-hydrogen) atoms. The lowest BCUT2D eigenvalue weighted by molar-refractivity contribution is 0.670. The largest absolute Gasteiger partial charge is 0.455 e. The van der Waals surface area contributed by atoms with Crippen molar-refractivity contribution in [2.24, 2.45) is 9.98 Å². The number of nitrogens with one attached hydrogen (secondary N) is 1. The predicted molar refractivity (Wildman–Crippen MR) is 202 cm³/mol. The van der Waals surface area contributed by atoms with Gasteiger partial charge in [0, 0.05) is 27.5 Å². The van der Waals surface area contributed by atoms with E-state index in [0.717, 1.165) is 67.0 Å². The molecule has 0 bridgehead atoms. The number of rotatable bonds is 6. The summed E-state index contributed by atoms with van der Waals surface area (Å²) in [5.41, 5.74) is 11.6. The quantitative estimate of drug-likeness (QED) is 0.199. The zero-order valence-corrected chi connectivity index (χ0v) is 26.6. The molecule has 0 amide bonds. The Morgan fingerprint density at radius 3 is 1.57 bits per heavy atom. The van der Waals surface area contributed by atoms with Crippen LogP contribution in [0.1, 0.15) is 22.9 Å². The molecule has 7 aromatic carbocycles. The van der Waals surface area contributed by atoms with Gasteiger partial charge in [0.25, 0.3) is 0 Å². The van der Waals surface area contributed by atoms with E-state index in [1.807, 2.05) is 42.5 Å². The highest BCUT2D eigenvalue weighted by molar-refractivity contribution is 6.24. The number of amidine groups is 2. The topological polar surface area (TPSA) is 49.9 Å². The van der Waals surface area contributed by atoms with Crippen molar-refractivity contribution in [2.45, 2.75) is 6.17 Å².